The number of nitrogens with one attached hydrogen (secondary N) is 1. The molecule has 1 aromatic rings. The van der Waals surface area contributed by atoms with Gasteiger partial charge in [-0.05, 0) is 44.9 Å². The maximum Gasteiger partial charge on any atom is 0.260 e. The van der Waals surface area contributed by atoms with E-state index in [1.807, 2.05) is 20.9 Å². The Morgan fingerprint density at radius 3 is 2.55 bits per heavy atom. The van der Waals surface area contributed by atoms with Crippen LogP contribution in [0.2, 0.25) is 0 Å². The second-order valence-electron chi connectivity index (χ2n) is 5.67. The van der Waals surface area contributed by atoms with Gasteiger partial charge in [-0.15, -0.1) is 0 Å². The van der Waals surface area contributed by atoms with Crippen LogP contribution in [0.15, 0.2) is 12.1 Å². The molecular weight excluding hydrogens is 252 g/mol. The van der Waals surface area contributed by atoms with Crippen molar-refractivity contribution in [3.8, 4) is 5.75 Å². The van der Waals surface area contributed by atoms with Gasteiger partial charge < -0.3 is 15.0 Å². The zero-order valence-electron chi connectivity index (χ0n) is 12.8. The maximum atomic E-state index is 12.2. The molecule has 0 bridgehead atoms. The highest BCUT2D eigenvalue weighted by Crippen LogP contribution is 2.24. The van der Waals surface area contributed by atoms with Gasteiger partial charge in [-0.3, -0.25) is 4.79 Å². The summed E-state index contributed by atoms with van der Waals surface area (Å²) in [7, 11) is 1.86. The third kappa shape index (κ3) is 3.31. The van der Waals surface area contributed by atoms with E-state index in [0.717, 1.165) is 36.4 Å². The van der Waals surface area contributed by atoms with E-state index in [2.05, 4.69) is 24.4 Å². The number of nitrogens with zero attached hydrogens (tertiary/aromatic N) is 1. The van der Waals surface area contributed by atoms with Crippen LogP contribution in [0, 0.1) is 20.8 Å². The molecule has 20 heavy (non-hydrogen) atoms. The lowest BCUT2D eigenvalue weighted by Gasteiger charge is -2.24. The largest absolute Gasteiger partial charge is 0.483 e. The summed E-state index contributed by atoms with van der Waals surface area (Å²) in [6.07, 6.45) is 1.02. The first kappa shape index (κ1) is 14.9. The molecule has 2 rings (SSSR count). The maximum absolute atomic E-state index is 12.2. The predicted molar refractivity (Wildman–Crippen MR) is 80.2 cm³/mol. The number of aryl methyl sites for hydroxylation is 3. The van der Waals surface area contributed by atoms with Gasteiger partial charge in [-0.1, -0.05) is 17.7 Å². The Balaban J connectivity index is 1.96. The van der Waals surface area contributed by atoms with Gasteiger partial charge in [0.05, 0.1) is 0 Å². The van der Waals surface area contributed by atoms with Gasteiger partial charge in [-0.2, -0.15) is 0 Å². The van der Waals surface area contributed by atoms with Crippen molar-refractivity contribution >= 4 is 5.91 Å². The minimum atomic E-state index is 0.0399. The Morgan fingerprint density at radius 2 is 2.00 bits per heavy atom. The van der Waals surface area contributed by atoms with Crippen molar-refractivity contribution in [1.29, 1.82) is 0 Å². The summed E-state index contributed by atoms with van der Waals surface area (Å²) in [4.78, 5) is 14.0. The van der Waals surface area contributed by atoms with E-state index in [1.165, 1.54) is 5.56 Å². The first-order valence-corrected chi connectivity index (χ1v) is 7.16. The molecule has 0 unspecified atom stereocenters. The van der Waals surface area contributed by atoms with Gasteiger partial charge in [0.15, 0.2) is 6.61 Å². The van der Waals surface area contributed by atoms with Crippen molar-refractivity contribution in [3.05, 3.63) is 28.8 Å². The fourth-order valence-electron chi connectivity index (χ4n) is 2.80. The average Bonchev–Trinajstić information content (AvgIpc) is 2.90. The Bertz CT molecular complexity index is 470. The van der Waals surface area contributed by atoms with Crippen LogP contribution in [0.5, 0.6) is 5.75 Å². The highest BCUT2D eigenvalue weighted by atomic mass is 16.5. The zero-order valence-corrected chi connectivity index (χ0v) is 12.8. The molecular formula is C16H24N2O2. The van der Waals surface area contributed by atoms with Gasteiger partial charge in [0, 0.05) is 19.6 Å². The lowest BCUT2D eigenvalue weighted by Crippen LogP contribution is -2.41. The second-order valence-corrected chi connectivity index (χ2v) is 5.67. The third-order valence-corrected chi connectivity index (χ3v) is 3.92. The Morgan fingerprint density at radius 1 is 1.35 bits per heavy atom. The number of ether oxygens (including phenoxy) is 1. The molecule has 0 spiro atoms. The fraction of sp³-hybridized carbons (Fsp3) is 0.562. The summed E-state index contributed by atoms with van der Waals surface area (Å²) >= 11 is 0. The van der Waals surface area contributed by atoms with E-state index < -0.39 is 0 Å². The van der Waals surface area contributed by atoms with Crippen LogP contribution >= 0.6 is 0 Å². The number of hydrogen-bond acceptors (Lipinski definition) is 3. The van der Waals surface area contributed by atoms with E-state index in [-0.39, 0.29) is 12.5 Å². The van der Waals surface area contributed by atoms with Crippen molar-refractivity contribution in [2.45, 2.75) is 33.2 Å². The summed E-state index contributed by atoms with van der Waals surface area (Å²) in [5, 5.41) is 3.27. The van der Waals surface area contributed by atoms with Crippen LogP contribution in [0.1, 0.15) is 23.1 Å². The molecule has 1 aromatic carbocycles. The van der Waals surface area contributed by atoms with Crippen molar-refractivity contribution in [3.63, 3.8) is 0 Å². The summed E-state index contributed by atoms with van der Waals surface area (Å²) < 4.78 is 5.75. The van der Waals surface area contributed by atoms with Gasteiger partial charge in [0.2, 0.25) is 0 Å². The number of carbonyl (C=O) groups excluding carboxylic acids is 1. The van der Waals surface area contributed by atoms with Gasteiger partial charge in [-0.25, -0.2) is 0 Å². The number of benzene rings is 1. The quantitative estimate of drug-likeness (QED) is 0.912. The van der Waals surface area contributed by atoms with Crippen LogP contribution in [0.4, 0.5) is 0 Å². The lowest BCUT2D eigenvalue weighted by molar-refractivity contribution is -0.133. The SMILES string of the molecule is Cc1cc(C)c(OCC(=O)N(C)[C@@H]2CCNC2)c(C)c1. The summed E-state index contributed by atoms with van der Waals surface area (Å²) in [5.74, 6) is 0.875. The third-order valence-electron chi connectivity index (χ3n) is 3.92. The molecule has 0 saturated carbocycles. The Labute approximate surface area is 121 Å². The minimum absolute atomic E-state index is 0.0399. The van der Waals surface area contributed by atoms with Crippen molar-refractivity contribution in [1.82, 2.24) is 10.2 Å². The van der Waals surface area contributed by atoms with Crippen molar-refractivity contribution < 1.29 is 9.53 Å². The molecule has 110 valence electrons. The molecule has 1 aliphatic heterocycles. The van der Waals surface area contributed by atoms with Crippen LogP contribution in [0.25, 0.3) is 0 Å². The fourth-order valence-corrected chi connectivity index (χ4v) is 2.80. The molecule has 4 heteroatoms. The molecule has 1 amide bonds. The topological polar surface area (TPSA) is 41.6 Å². The smallest absolute Gasteiger partial charge is 0.260 e. The second kappa shape index (κ2) is 6.27. The van der Waals surface area contributed by atoms with Gasteiger partial charge >= 0.3 is 0 Å². The minimum Gasteiger partial charge on any atom is -0.483 e. The number of carbonyl (C=O) groups is 1. The average molecular weight is 276 g/mol. The van der Waals surface area contributed by atoms with E-state index in [1.54, 1.807) is 4.90 Å². The number of likely N-dealkylation sites (N-methyl/N-ethyl adjacent to an activating group) is 1. The van der Waals surface area contributed by atoms with Crippen LogP contribution in [0.3, 0.4) is 0 Å². The van der Waals surface area contributed by atoms with Crippen molar-refractivity contribution in [2.75, 3.05) is 26.7 Å². The normalized spacial score (nSPS) is 18.1. The summed E-state index contributed by atoms with van der Waals surface area (Å²) in [6.45, 7) is 8.08. The summed E-state index contributed by atoms with van der Waals surface area (Å²) in [6, 6.07) is 4.46. The molecule has 4 nitrogen and oxygen atoms in total. The number of amides is 1. The number of hydrogen-bond donors (Lipinski definition) is 1. The van der Waals surface area contributed by atoms with Gasteiger partial charge in [0.25, 0.3) is 5.91 Å². The van der Waals surface area contributed by atoms with Crippen LogP contribution < -0.4 is 10.1 Å². The van der Waals surface area contributed by atoms with E-state index >= 15 is 0 Å². The molecule has 1 fully saturated rings. The van der Waals surface area contributed by atoms with E-state index in [4.69, 9.17) is 4.74 Å². The summed E-state index contributed by atoms with van der Waals surface area (Å²) in [5.41, 5.74) is 3.38. The van der Waals surface area contributed by atoms with E-state index in [9.17, 15) is 4.79 Å². The molecule has 1 atom stereocenters. The molecule has 0 aromatic heterocycles. The molecule has 1 aliphatic rings. The standard InChI is InChI=1S/C16H24N2O2/c1-11-7-12(2)16(13(3)8-11)20-10-15(19)18(4)14-5-6-17-9-14/h7-8,14,17H,5-6,9-10H2,1-4H3/t14-/m1/s1. The van der Waals surface area contributed by atoms with Crippen molar-refractivity contribution in [2.24, 2.45) is 0 Å². The molecule has 1 heterocycles. The highest BCUT2D eigenvalue weighted by molar-refractivity contribution is 5.78. The number of rotatable bonds is 4. The monoisotopic (exact) mass is 276 g/mol. The molecule has 0 radical (unpaired) electrons. The Hall–Kier alpha value is -1.55. The van der Waals surface area contributed by atoms with Crippen LogP contribution in [-0.2, 0) is 4.79 Å². The molecule has 0 aliphatic carbocycles. The lowest BCUT2D eigenvalue weighted by atomic mass is 10.1. The predicted octanol–water partition coefficient (Wildman–Crippen LogP) is 1.81. The van der Waals surface area contributed by atoms with E-state index in [0.29, 0.717) is 6.04 Å². The first-order valence-electron chi connectivity index (χ1n) is 7.16. The Kier molecular flexibility index (Phi) is 4.65. The molecule has 1 N–H and O–H groups in total. The zero-order chi connectivity index (χ0) is 14.7. The van der Waals surface area contributed by atoms with Crippen LogP contribution in [-0.4, -0.2) is 43.6 Å². The highest BCUT2D eigenvalue weighted by Gasteiger charge is 2.23. The van der Waals surface area contributed by atoms with Gasteiger partial charge in [0.1, 0.15) is 5.75 Å². The molecule has 1 saturated heterocycles. The first-order chi connectivity index (χ1) is 9.49.